The first kappa shape index (κ1) is 12.3. The van der Waals surface area contributed by atoms with Gasteiger partial charge in [-0.2, -0.15) is 0 Å². The minimum Gasteiger partial charge on any atom is -0.504 e. The lowest BCUT2D eigenvalue weighted by molar-refractivity contribution is -0.138. The van der Waals surface area contributed by atoms with Gasteiger partial charge < -0.3 is 20.7 Å². The van der Waals surface area contributed by atoms with E-state index in [-0.39, 0.29) is 11.1 Å². The van der Waals surface area contributed by atoms with Crippen LogP contribution in [0.4, 0.5) is 4.39 Å². The number of aliphatic carboxylic acids is 1. The summed E-state index contributed by atoms with van der Waals surface area (Å²) in [5.74, 6) is -3.06. The van der Waals surface area contributed by atoms with Gasteiger partial charge in [0.15, 0.2) is 17.3 Å². The average molecular weight is 229 g/mol. The molecule has 1 aromatic carbocycles. The number of rotatable bonds is 3. The van der Waals surface area contributed by atoms with Crippen LogP contribution in [-0.2, 0) is 4.79 Å². The van der Waals surface area contributed by atoms with Gasteiger partial charge in [-0.05, 0) is 18.6 Å². The highest BCUT2D eigenvalue weighted by Gasteiger charge is 2.25. The fourth-order valence-corrected chi connectivity index (χ4v) is 1.47. The highest BCUT2D eigenvalue weighted by Crippen LogP contribution is 2.37. The summed E-state index contributed by atoms with van der Waals surface area (Å²) < 4.78 is 17.9. The Morgan fingerprint density at radius 3 is 2.62 bits per heavy atom. The van der Waals surface area contributed by atoms with Gasteiger partial charge in [0.05, 0.1) is 7.11 Å². The van der Waals surface area contributed by atoms with Gasteiger partial charge in [-0.25, -0.2) is 4.39 Å². The molecular weight excluding hydrogens is 217 g/mol. The van der Waals surface area contributed by atoms with Gasteiger partial charge in [-0.1, -0.05) is 0 Å². The van der Waals surface area contributed by atoms with Crippen molar-refractivity contribution in [2.45, 2.75) is 13.0 Å². The first-order valence-corrected chi connectivity index (χ1v) is 4.44. The number of benzene rings is 1. The lowest BCUT2D eigenvalue weighted by Gasteiger charge is -2.15. The molecule has 1 aromatic rings. The molecule has 16 heavy (non-hydrogen) atoms. The van der Waals surface area contributed by atoms with Crippen LogP contribution in [0.3, 0.4) is 0 Å². The van der Waals surface area contributed by atoms with Gasteiger partial charge in [0.25, 0.3) is 0 Å². The largest absolute Gasteiger partial charge is 0.504 e. The number of carbonyl (C=O) groups is 1. The molecule has 0 aliphatic rings. The molecule has 0 fully saturated rings. The fourth-order valence-electron chi connectivity index (χ4n) is 1.47. The molecule has 6 heteroatoms. The van der Waals surface area contributed by atoms with Gasteiger partial charge in [0, 0.05) is 5.56 Å². The van der Waals surface area contributed by atoms with Gasteiger partial charge >= 0.3 is 5.97 Å². The van der Waals surface area contributed by atoms with Crippen LogP contribution in [0.25, 0.3) is 0 Å². The Morgan fingerprint density at radius 1 is 1.62 bits per heavy atom. The van der Waals surface area contributed by atoms with E-state index < -0.39 is 29.3 Å². The second-order valence-electron chi connectivity index (χ2n) is 3.29. The number of aromatic hydroxyl groups is 1. The Labute approximate surface area is 91.3 Å². The second-order valence-corrected chi connectivity index (χ2v) is 3.29. The number of aryl methyl sites for hydroxylation is 1. The lowest BCUT2D eigenvalue weighted by Crippen LogP contribution is -2.22. The summed E-state index contributed by atoms with van der Waals surface area (Å²) in [5.41, 5.74) is 5.58. The van der Waals surface area contributed by atoms with E-state index in [4.69, 9.17) is 10.8 Å². The molecule has 0 spiro atoms. The highest BCUT2D eigenvalue weighted by molar-refractivity contribution is 5.77. The molecule has 0 amide bonds. The van der Waals surface area contributed by atoms with Crippen molar-refractivity contribution in [1.82, 2.24) is 0 Å². The van der Waals surface area contributed by atoms with E-state index in [1.807, 2.05) is 0 Å². The summed E-state index contributed by atoms with van der Waals surface area (Å²) >= 11 is 0. The van der Waals surface area contributed by atoms with E-state index in [0.717, 1.165) is 6.07 Å². The van der Waals surface area contributed by atoms with Gasteiger partial charge in [-0.15, -0.1) is 0 Å². The van der Waals surface area contributed by atoms with Crippen molar-refractivity contribution in [3.05, 3.63) is 23.0 Å². The topological polar surface area (TPSA) is 92.8 Å². The SMILES string of the molecule is COc1c(F)cc(C)c(C(N)C(=O)O)c1O. The van der Waals surface area contributed by atoms with Crippen LogP contribution in [0.2, 0.25) is 0 Å². The van der Waals surface area contributed by atoms with Crippen molar-refractivity contribution in [2.24, 2.45) is 5.73 Å². The van der Waals surface area contributed by atoms with Crippen LogP contribution in [0, 0.1) is 12.7 Å². The Kier molecular flexibility index (Phi) is 3.34. The summed E-state index contributed by atoms with van der Waals surface area (Å²) in [7, 11) is 1.17. The van der Waals surface area contributed by atoms with Gasteiger partial charge in [0.1, 0.15) is 6.04 Å². The van der Waals surface area contributed by atoms with E-state index in [0.29, 0.717) is 0 Å². The van der Waals surface area contributed by atoms with Gasteiger partial charge in [0.2, 0.25) is 0 Å². The number of hydrogen-bond acceptors (Lipinski definition) is 4. The fraction of sp³-hybridized carbons (Fsp3) is 0.300. The van der Waals surface area contributed by atoms with Crippen LogP contribution in [0.1, 0.15) is 17.2 Å². The second kappa shape index (κ2) is 4.36. The molecule has 5 nitrogen and oxygen atoms in total. The molecule has 0 aliphatic carbocycles. The number of halogens is 1. The van der Waals surface area contributed by atoms with E-state index in [2.05, 4.69) is 4.74 Å². The normalized spacial score (nSPS) is 12.2. The van der Waals surface area contributed by atoms with E-state index in [9.17, 15) is 14.3 Å². The third-order valence-corrected chi connectivity index (χ3v) is 2.24. The third-order valence-electron chi connectivity index (χ3n) is 2.24. The Morgan fingerprint density at radius 2 is 2.19 bits per heavy atom. The quantitative estimate of drug-likeness (QED) is 0.717. The average Bonchev–Trinajstić information content (AvgIpc) is 2.17. The Balaban J connectivity index is 3.45. The molecule has 0 aliphatic heterocycles. The predicted molar refractivity (Wildman–Crippen MR) is 53.9 cm³/mol. The van der Waals surface area contributed by atoms with E-state index in [1.165, 1.54) is 14.0 Å². The molecular formula is C10H12FNO4. The molecule has 1 rings (SSSR count). The van der Waals surface area contributed by atoms with Crippen LogP contribution in [-0.4, -0.2) is 23.3 Å². The summed E-state index contributed by atoms with van der Waals surface area (Å²) in [4.78, 5) is 10.7. The van der Waals surface area contributed by atoms with Crippen molar-refractivity contribution < 1.29 is 24.1 Å². The minimum absolute atomic E-state index is 0.0502. The first-order chi connectivity index (χ1) is 7.40. The van der Waals surface area contributed by atoms with E-state index in [1.54, 1.807) is 0 Å². The number of phenolic OH excluding ortho intramolecular Hbond substituents is 1. The van der Waals surface area contributed by atoms with Crippen LogP contribution >= 0.6 is 0 Å². The van der Waals surface area contributed by atoms with Crippen molar-refractivity contribution in [3.8, 4) is 11.5 Å². The number of ether oxygens (including phenoxy) is 1. The lowest BCUT2D eigenvalue weighted by atomic mass is 10.00. The van der Waals surface area contributed by atoms with E-state index >= 15 is 0 Å². The minimum atomic E-state index is -1.42. The number of methoxy groups -OCH3 is 1. The van der Waals surface area contributed by atoms with Crippen molar-refractivity contribution in [3.63, 3.8) is 0 Å². The summed E-state index contributed by atoms with van der Waals surface area (Å²) in [6.07, 6.45) is 0. The molecule has 4 N–H and O–H groups in total. The maximum Gasteiger partial charge on any atom is 0.325 e. The number of hydrogen-bond donors (Lipinski definition) is 3. The smallest absolute Gasteiger partial charge is 0.325 e. The van der Waals surface area contributed by atoms with Gasteiger partial charge in [-0.3, -0.25) is 4.79 Å². The standard InChI is InChI=1S/C10H12FNO4/c1-4-3-5(11)9(16-2)8(13)6(4)7(12)10(14)15/h3,7,13H,12H2,1-2H3,(H,14,15). The molecule has 0 heterocycles. The highest BCUT2D eigenvalue weighted by atomic mass is 19.1. The molecule has 0 saturated carbocycles. The van der Waals surface area contributed by atoms with Crippen LogP contribution in [0.15, 0.2) is 6.07 Å². The Bertz CT molecular complexity index is 433. The summed E-state index contributed by atoms with van der Waals surface area (Å²) in [5, 5.41) is 18.4. The third kappa shape index (κ3) is 1.92. The zero-order valence-electron chi connectivity index (χ0n) is 8.82. The molecule has 0 aromatic heterocycles. The van der Waals surface area contributed by atoms with Crippen molar-refractivity contribution in [2.75, 3.05) is 7.11 Å². The zero-order valence-corrected chi connectivity index (χ0v) is 8.82. The van der Waals surface area contributed by atoms with Crippen molar-refractivity contribution >= 4 is 5.97 Å². The number of nitrogens with two attached hydrogens (primary N) is 1. The maximum atomic E-state index is 13.3. The number of carboxylic acids is 1. The molecule has 1 unspecified atom stereocenters. The molecule has 1 atom stereocenters. The summed E-state index contributed by atoms with van der Waals surface area (Å²) in [6, 6.07) is -0.356. The maximum absolute atomic E-state index is 13.3. The number of phenols is 1. The molecule has 0 bridgehead atoms. The zero-order chi connectivity index (χ0) is 12.5. The Hall–Kier alpha value is -1.82. The molecule has 0 saturated heterocycles. The predicted octanol–water partition coefficient (Wildman–Crippen LogP) is 0.933. The van der Waals surface area contributed by atoms with Crippen LogP contribution < -0.4 is 10.5 Å². The first-order valence-electron chi connectivity index (χ1n) is 4.44. The van der Waals surface area contributed by atoms with Crippen LogP contribution in [0.5, 0.6) is 11.5 Å². The monoisotopic (exact) mass is 229 g/mol. The summed E-state index contributed by atoms with van der Waals surface area (Å²) in [6.45, 7) is 1.46. The number of carboxylic acid groups (broad SMARTS) is 1. The van der Waals surface area contributed by atoms with Crippen molar-refractivity contribution in [1.29, 1.82) is 0 Å². The molecule has 88 valence electrons. The molecule has 0 radical (unpaired) electrons.